The van der Waals surface area contributed by atoms with Gasteiger partial charge in [-0.25, -0.2) is 0 Å². The lowest BCUT2D eigenvalue weighted by atomic mass is 9.90. The number of amides is 2. The lowest BCUT2D eigenvalue weighted by molar-refractivity contribution is -0.142. The van der Waals surface area contributed by atoms with Gasteiger partial charge in [0.15, 0.2) is 11.6 Å². The number of nitrogens with two attached hydrogens (primary N) is 1. The van der Waals surface area contributed by atoms with Gasteiger partial charge in [0.05, 0.1) is 12.1 Å². The van der Waals surface area contributed by atoms with Crippen molar-refractivity contribution in [2.75, 3.05) is 6.54 Å². The van der Waals surface area contributed by atoms with Crippen LogP contribution >= 0.6 is 0 Å². The predicted molar refractivity (Wildman–Crippen MR) is 171 cm³/mol. The second-order valence-electron chi connectivity index (χ2n) is 11.5. The third-order valence-electron chi connectivity index (χ3n) is 7.43. The van der Waals surface area contributed by atoms with Crippen LogP contribution in [0.25, 0.3) is 0 Å². The van der Waals surface area contributed by atoms with E-state index >= 15 is 0 Å². The molecule has 3 atom stereocenters. The largest absolute Gasteiger partial charge is 0.461 e. The second kappa shape index (κ2) is 20.0. The predicted octanol–water partition coefficient (Wildman–Crippen LogP) is 3.56. The molecule has 0 aromatic heterocycles. The maximum Gasteiger partial charge on any atom is 0.302 e. The Morgan fingerprint density at radius 3 is 2.07 bits per heavy atom. The van der Waals surface area contributed by atoms with Gasteiger partial charge in [-0.1, -0.05) is 54.6 Å². The van der Waals surface area contributed by atoms with Gasteiger partial charge >= 0.3 is 5.97 Å². The van der Waals surface area contributed by atoms with E-state index in [-0.39, 0.29) is 61.5 Å². The third-order valence-corrected chi connectivity index (χ3v) is 7.43. The first-order chi connectivity index (χ1) is 21.5. The Hall–Kier alpha value is -4.18. The molecule has 0 saturated heterocycles. The topological polar surface area (TPSA) is 162 Å². The van der Waals surface area contributed by atoms with Crippen molar-refractivity contribution < 1.29 is 33.5 Å². The van der Waals surface area contributed by atoms with E-state index in [2.05, 4.69) is 10.6 Å². The van der Waals surface area contributed by atoms with Crippen LogP contribution in [0, 0.1) is 5.92 Å². The summed E-state index contributed by atoms with van der Waals surface area (Å²) >= 11 is 0. The van der Waals surface area contributed by atoms with Gasteiger partial charge in [0.25, 0.3) is 0 Å². The second-order valence-corrected chi connectivity index (χ2v) is 11.5. The van der Waals surface area contributed by atoms with Crippen LogP contribution in [-0.2, 0) is 53.0 Å². The molecule has 0 radical (unpaired) electrons. The molecule has 2 amide bonds. The summed E-state index contributed by atoms with van der Waals surface area (Å²) in [4.78, 5) is 74.9. The molecular formula is C35H47N3O7. The number of hydrogen-bond donors (Lipinski definition) is 3. The van der Waals surface area contributed by atoms with Gasteiger partial charge in [0.2, 0.25) is 11.8 Å². The summed E-state index contributed by atoms with van der Waals surface area (Å²) in [5.74, 6) is -2.34. The minimum absolute atomic E-state index is 0.00402. The maximum absolute atomic E-state index is 13.7. The standard InChI is InChI=1S/C35H47N3O7/c1-24(39)10-9-14-34(43)37-25(2)32(41)22-30(20-27-11-5-4-6-12-27)35(44)38-31(13-7-8-19-36)33(42)21-28-15-17-29(18-16-28)23-45-26(3)40/h4-6,11-12,15-18,25,30-31H,7-10,13-14,19-23,36H2,1-3H3,(H,37,43)(H,38,44)/t25-,30-,31+/m1/s1. The van der Waals surface area contributed by atoms with Crippen molar-refractivity contribution >= 4 is 35.1 Å². The summed E-state index contributed by atoms with van der Waals surface area (Å²) in [6.07, 6.45) is 2.83. The Bertz CT molecular complexity index is 1280. The molecular weight excluding hydrogens is 574 g/mol. The molecule has 2 rings (SSSR count). The molecule has 0 heterocycles. The van der Waals surface area contributed by atoms with E-state index in [1.807, 2.05) is 30.3 Å². The number of nitrogens with one attached hydrogen (secondary N) is 2. The summed E-state index contributed by atoms with van der Waals surface area (Å²) in [5.41, 5.74) is 8.10. The van der Waals surface area contributed by atoms with Gasteiger partial charge in [0, 0.05) is 38.5 Å². The summed E-state index contributed by atoms with van der Waals surface area (Å²) in [7, 11) is 0. The molecule has 10 heteroatoms. The Morgan fingerprint density at radius 2 is 1.44 bits per heavy atom. The third kappa shape index (κ3) is 14.9. The number of rotatable bonds is 21. The molecule has 0 saturated carbocycles. The molecule has 45 heavy (non-hydrogen) atoms. The minimum Gasteiger partial charge on any atom is -0.461 e. The van der Waals surface area contributed by atoms with Crippen molar-refractivity contribution in [3.8, 4) is 0 Å². The first kappa shape index (κ1) is 37.0. The van der Waals surface area contributed by atoms with E-state index in [9.17, 15) is 28.8 Å². The number of Topliss-reactive ketones (excluding diaryl/α,β-unsaturated/α-hetero) is 3. The van der Waals surface area contributed by atoms with Crippen LogP contribution in [0.1, 0.15) is 82.4 Å². The van der Waals surface area contributed by atoms with Gasteiger partial charge in [-0.2, -0.15) is 0 Å². The van der Waals surface area contributed by atoms with Gasteiger partial charge in [-0.15, -0.1) is 0 Å². The minimum atomic E-state index is -0.813. The number of carbonyl (C=O) groups excluding carboxylic acids is 6. The number of esters is 1. The van der Waals surface area contributed by atoms with E-state index in [0.29, 0.717) is 38.6 Å². The van der Waals surface area contributed by atoms with Crippen molar-refractivity contribution in [2.24, 2.45) is 11.7 Å². The molecule has 10 nitrogen and oxygen atoms in total. The van der Waals surface area contributed by atoms with Crippen molar-refractivity contribution in [1.29, 1.82) is 0 Å². The number of benzene rings is 2. The molecule has 0 aliphatic carbocycles. The summed E-state index contributed by atoms with van der Waals surface area (Å²) < 4.78 is 5.02. The highest BCUT2D eigenvalue weighted by Crippen LogP contribution is 2.17. The molecule has 0 spiro atoms. The Morgan fingerprint density at radius 1 is 0.778 bits per heavy atom. The average molecular weight is 622 g/mol. The maximum atomic E-state index is 13.7. The highest BCUT2D eigenvalue weighted by Gasteiger charge is 2.29. The van der Waals surface area contributed by atoms with Crippen LogP contribution in [0.15, 0.2) is 54.6 Å². The Labute approximate surface area is 265 Å². The number of ketones is 3. The molecule has 0 unspecified atom stereocenters. The van der Waals surface area contributed by atoms with Crippen LogP contribution in [0.2, 0.25) is 0 Å². The van der Waals surface area contributed by atoms with Crippen LogP contribution < -0.4 is 16.4 Å². The molecule has 244 valence electrons. The van der Waals surface area contributed by atoms with Gasteiger partial charge < -0.3 is 25.9 Å². The lowest BCUT2D eigenvalue weighted by Gasteiger charge is -2.23. The number of unbranched alkanes of at least 4 members (excludes halogenated alkanes) is 1. The lowest BCUT2D eigenvalue weighted by Crippen LogP contribution is -2.46. The van der Waals surface area contributed by atoms with Crippen molar-refractivity contribution in [2.45, 2.75) is 97.2 Å². The SMILES string of the molecule is CC(=O)CCCC(=O)N[C@H](C)C(=O)C[C@@H](Cc1ccccc1)C(=O)N[C@@H](CCCCN)C(=O)Cc1ccc(COC(C)=O)cc1. The van der Waals surface area contributed by atoms with E-state index in [4.69, 9.17) is 10.5 Å². The number of ether oxygens (including phenoxy) is 1. The van der Waals surface area contributed by atoms with Crippen LogP contribution in [0.3, 0.4) is 0 Å². The fourth-order valence-electron chi connectivity index (χ4n) is 4.83. The zero-order valence-corrected chi connectivity index (χ0v) is 26.6. The zero-order chi connectivity index (χ0) is 33.2. The van der Waals surface area contributed by atoms with E-state index in [0.717, 1.165) is 16.7 Å². The van der Waals surface area contributed by atoms with E-state index < -0.39 is 23.9 Å². The van der Waals surface area contributed by atoms with Gasteiger partial charge in [0.1, 0.15) is 12.4 Å². The molecule has 0 aliphatic rings. The normalized spacial score (nSPS) is 12.8. The smallest absolute Gasteiger partial charge is 0.302 e. The van der Waals surface area contributed by atoms with Crippen LogP contribution in [0.4, 0.5) is 0 Å². The summed E-state index contributed by atoms with van der Waals surface area (Å²) in [5, 5.41) is 5.60. The Kier molecular flexibility index (Phi) is 16.4. The van der Waals surface area contributed by atoms with E-state index in [1.54, 1.807) is 31.2 Å². The first-order valence-electron chi connectivity index (χ1n) is 15.6. The van der Waals surface area contributed by atoms with Crippen molar-refractivity contribution in [3.05, 3.63) is 71.3 Å². The fourth-order valence-corrected chi connectivity index (χ4v) is 4.83. The summed E-state index contributed by atoms with van der Waals surface area (Å²) in [6.45, 7) is 4.99. The van der Waals surface area contributed by atoms with Gasteiger partial charge in [-0.3, -0.25) is 24.0 Å². The highest BCUT2D eigenvalue weighted by molar-refractivity contribution is 5.94. The van der Waals surface area contributed by atoms with Crippen molar-refractivity contribution in [3.63, 3.8) is 0 Å². The first-order valence-corrected chi connectivity index (χ1v) is 15.6. The van der Waals surface area contributed by atoms with Crippen molar-refractivity contribution in [1.82, 2.24) is 10.6 Å². The van der Waals surface area contributed by atoms with Crippen LogP contribution in [-0.4, -0.2) is 53.8 Å². The molecule has 2 aromatic carbocycles. The monoisotopic (exact) mass is 621 g/mol. The molecule has 0 aliphatic heterocycles. The average Bonchev–Trinajstić information content (AvgIpc) is 3.00. The van der Waals surface area contributed by atoms with Gasteiger partial charge in [-0.05, 0) is 69.2 Å². The fraction of sp³-hybridized carbons (Fsp3) is 0.486. The molecule has 0 fully saturated rings. The number of hydrogen-bond acceptors (Lipinski definition) is 8. The zero-order valence-electron chi connectivity index (χ0n) is 26.6. The van der Waals surface area contributed by atoms with E-state index in [1.165, 1.54) is 13.8 Å². The number of carbonyl (C=O) groups is 6. The Balaban J connectivity index is 2.14. The quantitative estimate of drug-likeness (QED) is 0.141. The van der Waals surface area contributed by atoms with Crippen LogP contribution in [0.5, 0.6) is 0 Å². The molecule has 2 aromatic rings. The molecule has 4 N–H and O–H groups in total. The highest BCUT2D eigenvalue weighted by atomic mass is 16.5. The summed E-state index contributed by atoms with van der Waals surface area (Å²) in [6, 6.07) is 14.9. The molecule has 0 bridgehead atoms.